The van der Waals surface area contributed by atoms with Gasteiger partial charge in [0.15, 0.2) is 0 Å². The van der Waals surface area contributed by atoms with Gasteiger partial charge in [0.1, 0.15) is 0 Å². The topological polar surface area (TPSA) is 32.3 Å². The van der Waals surface area contributed by atoms with Crippen LogP contribution in [0, 0.1) is 6.92 Å². The lowest BCUT2D eigenvalue weighted by Gasteiger charge is -2.33. The molecule has 1 N–H and O–H groups in total. The Balaban J connectivity index is 1.86. The Kier molecular flexibility index (Phi) is 4.05. The van der Waals surface area contributed by atoms with Crippen LogP contribution in [0.25, 0.3) is 0 Å². The SMILES string of the molecule is Cc1ccsc1CNC(=O)N1CCCCC1C. The van der Waals surface area contributed by atoms with Crippen LogP contribution in [0.3, 0.4) is 0 Å². The van der Waals surface area contributed by atoms with E-state index in [-0.39, 0.29) is 6.03 Å². The summed E-state index contributed by atoms with van der Waals surface area (Å²) in [5.74, 6) is 0. The number of carbonyl (C=O) groups is 1. The number of aryl methyl sites for hydroxylation is 1. The molecule has 0 spiro atoms. The smallest absolute Gasteiger partial charge is 0.317 e. The van der Waals surface area contributed by atoms with Gasteiger partial charge >= 0.3 is 6.03 Å². The molecule has 17 heavy (non-hydrogen) atoms. The number of urea groups is 1. The highest BCUT2D eigenvalue weighted by atomic mass is 32.1. The van der Waals surface area contributed by atoms with E-state index in [9.17, 15) is 4.79 Å². The molecule has 2 heterocycles. The van der Waals surface area contributed by atoms with Gasteiger partial charge in [-0.2, -0.15) is 0 Å². The van der Waals surface area contributed by atoms with Crippen LogP contribution in [-0.2, 0) is 6.54 Å². The van der Waals surface area contributed by atoms with E-state index in [1.165, 1.54) is 16.9 Å². The van der Waals surface area contributed by atoms with Crippen LogP contribution in [0.1, 0.15) is 36.6 Å². The maximum Gasteiger partial charge on any atom is 0.317 e. The second kappa shape index (κ2) is 5.54. The van der Waals surface area contributed by atoms with Gasteiger partial charge in [0.2, 0.25) is 0 Å². The fourth-order valence-corrected chi connectivity index (χ4v) is 3.09. The normalized spacial score (nSPS) is 20.4. The molecule has 94 valence electrons. The largest absolute Gasteiger partial charge is 0.333 e. The minimum absolute atomic E-state index is 0.0880. The van der Waals surface area contributed by atoms with E-state index in [0.29, 0.717) is 12.6 Å². The monoisotopic (exact) mass is 252 g/mol. The number of nitrogens with one attached hydrogen (secondary N) is 1. The average Bonchev–Trinajstić information content (AvgIpc) is 2.72. The lowest BCUT2D eigenvalue weighted by Crippen LogP contribution is -2.47. The molecule has 0 aromatic carbocycles. The Hall–Kier alpha value is -1.03. The number of likely N-dealkylation sites (tertiary alicyclic amines) is 1. The van der Waals surface area contributed by atoms with Crippen LogP contribution in [0.4, 0.5) is 4.79 Å². The lowest BCUT2D eigenvalue weighted by molar-refractivity contribution is 0.158. The molecule has 1 aromatic rings. The van der Waals surface area contributed by atoms with E-state index >= 15 is 0 Å². The van der Waals surface area contributed by atoms with Gasteiger partial charge in [-0.05, 0) is 50.1 Å². The molecule has 1 atom stereocenters. The zero-order valence-corrected chi connectivity index (χ0v) is 11.3. The number of rotatable bonds is 2. The highest BCUT2D eigenvalue weighted by Gasteiger charge is 2.22. The molecule has 4 heteroatoms. The van der Waals surface area contributed by atoms with Crippen molar-refractivity contribution in [2.75, 3.05) is 6.54 Å². The summed E-state index contributed by atoms with van der Waals surface area (Å²) in [6.07, 6.45) is 3.51. The first kappa shape index (κ1) is 12.4. The summed E-state index contributed by atoms with van der Waals surface area (Å²) in [4.78, 5) is 15.3. The molecular weight excluding hydrogens is 232 g/mol. The second-order valence-electron chi connectivity index (χ2n) is 4.72. The molecule has 1 saturated heterocycles. The van der Waals surface area contributed by atoms with Gasteiger partial charge in [0.25, 0.3) is 0 Å². The van der Waals surface area contributed by atoms with Gasteiger partial charge in [-0.25, -0.2) is 4.79 Å². The second-order valence-corrected chi connectivity index (χ2v) is 5.72. The molecule has 0 aliphatic carbocycles. The Morgan fingerprint density at radius 3 is 3.06 bits per heavy atom. The van der Waals surface area contributed by atoms with Crippen molar-refractivity contribution in [1.29, 1.82) is 0 Å². The fourth-order valence-electron chi connectivity index (χ4n) is 2.24. The number of piperidine rings is 1. The molecule has 1 unspecified atom stereocenters. The first-order chi connectivity index (χ1) is 8.18. The third-order valence-corrected chi connectivity index (χ3v) is 4.46. The molecular formula is C13H20N2OS. The summed E-state index contributed by atoms with van der Waals surface area (Å²) in [7, 11) is 0. The third kappa shape index (κ3) is 3.00. The van der Waals surface area contributed by atoms with Crippen molar-refractivity contribution < 1.29 is 4.79 Å². The maximum absolute atomic E-state index is 12.0. The summed E-state index contributed by atoms with van der Waals surface area (Å²) in [5.41, 5.74) is 1.27. The maximum atomic E-state index is 12.0. The molecule has 1 aliphatic rings. The average molecular weight is 252 g/mol. The number of thiophene rings is 1. The van der Waals surface area contributed by atoms with Gasteiger partial charge in [0.05, 0.1) is 6.54 Å². The van der Waals surface area contributed by atoms with Crippen molar-refractivity contribution in [3.63, 3.8) is 0 Å². The molecule has 1 fully saturated rings. The number of amides is 2. The standard InChI is InChI=1S/C13H20N2OS/c1-10-6-8-17-12(10)9-14-13(16)15-7-4-3-5-11(15)2/h6,8,11H,3-5,7,9H2,1-2H3,(H,14,16). The minimum Gasteiger partial charge on any atom is -0.333 e. The van der Waals surface area contributed by atoms with E-state index in [1.807, 2.05) is 4.90 Å². The van der Waals surface area contributed by atoms with E-state index in [1.54, 1.807) is 11.3 Å². The van der Waals surface area contributed by atoms with Crippen LogP contribution < -0.4 is 5.32 Å². The highest BCUT2D eigenvalue weighted by Crippen LogP contribution is 2.18. The summed E-state index contributed by atoms with van der Waals surface area (Å²) >= 11 is 1.71. The van der Waals surface area contributed by atoms with Crippen molar-refractivity contribution in [2.24, 2.45) is 0 Å². The highest BCUT2D eigenvalue weighted by molar-refractivity contribution is 7.10. The van der Waals surface area contributed by atoms with Crippen molar-refractivity contribution in [1.82, 2.24) is 10.2 Å². The van der Waals surface area contributed by atoms with Crippen LogP contribution in [0.5, 0.6) is 0 Å². The number of hydrogen-bond acceptors (Lipinski definition) is 2. The summed E-state index contributed by atoms with van der Waals surface area (Å²) < 4.78 is 0. The van der Waals surface area contributed by atoms with Crippen LogP contribution in [0.15, 0.2) is 11.4 Å². The predicted molar refractivity (Wildman–Crippen MR) is 71.3 cm³/mol. The summed E-state index contributed by atoms with van der Waals surface area (Å²) in [5, 5.41) is 5.09. The Labute approximate surface area is 107 Å². The van der Waals surface area contributed by atoms with Gasteiger partial charge in [-0.1, -0.05) is 0 Å². The van der Waals surface area contributed by atoms with Gasteiger partial charge in [-0.15, -0.1) is 11.3 Å². The van der Waals surface area contributed by atoms with E-state index < -0.39 is 0 Å². The molecule has 0 radical (unpaired) electrons. The fraction of sp³-hybridized carbons (Fsp3) is 0.615. The molecule has 0 bridgehead atoms. The first-order valence-electron chi connectivity index (χ1n) is 6.26. The first-order valence-corrected chi connectivity index (χ1v) is 7.14. The number of carbonyl (C=O) groups excluding carboxylic acids is 1. The van der Waals surface area contributed by atoms with Crippen LogP contribution in [0.2, 0.25) is 0 Å². The van der Waals surface area contributed by atoms with Gasteiger partial charge in [0, 0.05) is 17.5 Å². The molecule has 0 saturated carbocycles. The van der Waals surface area contributed by atoms with Gasteiger partial charge < -0.3 is 10.2 Å². The van der Waals surface area contributed by atoms with Gasteiger partial charge in [-0.3, -0.25) is 0 Å². The van der Waals surface area contributed by atoms with Crippen molar-refractivity contribution in [2.45, 2.75) is 45.7 Å². The molecule has 2 amide bonds. The Morgan fingerprint density at radius 2 is 2.41 bits per heavy atom. The van der Waals surface area contributed by atoms with Crippen LogP contribution >= 0.6 is 11.3 Å². The molecule has 3 nitrogen and oxygen atoms in total. The van der Waals surface area contributed by atoms with Crippen molar-refractivity contribution in [3.05, 3.63) is 21.9 Å². The van der Waals surface area contributed by atoms with E-state index in [0.717, 1.165) is 19.4 Å². The number of nitrogens with zero attached hydrogens (tertiary/aromatic N) is 1. The third-order valence-electron chi connectivity index (χ3n) is 3.43. The summed E-state index contributed by atoms with van der Waals surface area (Å²) in [6, 6.07) is 2.56. The minimum atomic E-state index is 0.0880. The van der Waals surface area contributed by atoms with Crippen molar-refractivity contribution >= 4 is 17.4 Å². The Bertz CT molecular complexity index is 389. The van der Waals surface area contributed by atoms with E-state index in [2.05, 4.69) is 30.6 Å². The Morgan fingerprint density at radius 1 is 1.59 bits per heavy atom. The predicted octanol–water partition coefficient (Wildman–Crippen LogP) is 3.14. The molecule has 2 rings (SSSR count). The van der Waals surface area contributed by atoms with E-state index in [4.69, 9.17) is 0 Å². The quantitative estimate of drug-likeness (QED) is 0.861. The zero-order chi connectivity index (χ0) is 12.3. The number of hydrogen-bond donors (Lipinski definition) is 1. The lowest BCUT2D eigenvalue weighted by atomic mass is 10.0. The van der Waals surface area contributed by atoms with Crippen LogP contribution in [-0.4, -0.2) is 23.5 Å². The molecule has 1 aromatic heterocycles. The van der Waals surface area contributed by atoms with Crippen molar-refractivity contribution in [3.8, 4) is 0 Å². The molecule has 1 aliphatic heterocycles. The zero-order valence-electron chi connectivity index (χ0n) is 10.5. The summed E-state index contributed by atoms with van der Waals surface area (Å²) in [6.45, 7) is 5.78.